The molecule has 2 saturated carbocycles. The van der Waals surface area contributed by atoms with Gasteiger partial charge in [0.2, 0.25) is 11.8 Å². The van der Waals surface area contributed by atoms with Crippen LogP contribution in [0.5, 0.6) is 0 Å². The molecule has 0 saturated heterocycles. The zero-order valence-corrected chi connectivity index (χ0v) is 14.3. The molecule has 2 fully saturated rings. The largest absolute Gasteiger partial charge is 0.333 e. The highest BCUT2D eigenvalue weighted by Gasteiger charge is 2.28. The predicted molar refractivity (Wildman–Crippen MR) is 91.2 cm³/mol. The molecule has 5 nitrogen and oxygen atoms in total. The predicted octanol–water partition coefficient (Wildman–Crippen LogP) is 3.29. The van der Waals surface area contributed by atoms with Crippen LogP contribution in [0.3, 0.4) is 0 Å². The average Bonchev–Trinajstić information content (AvgIpc) is 3.01. The minimum absolute atomic E-state index is 0.137. The Kier molecular flexibility index (Phi) is 5.65. The van der Waals surface area contributed by atoms with Crippen LogP contribution in [0.1, 0.15) is 51.4 Å². The van der Waals surface area contributed by atoms with Crippen molar-refractivity contribution in [3.63, 3.8) is 0 Å². The number of thiazole rings is 1. The van der Waals surface area contributed by atoms with Crippen LogP contribution in [0.2, 0.25) is 0 Å². The molecular formula is C17H25N3O2S. The van der Waals surface area contributed by atoms with Gasteiger partial charge in [0.25, 0.3) is 0 Å². The van der Waals surface area contributed by atoms with E-state index >= 15 is 0 Å². The lowest BCUT2D eigenvalue weighted by atomic mass is 10.0. The zero-order valence-electron chi connectivity index (χ0n) is 13.5. The van der Waals surface area contributed by atoms with Crippen LogP contribution in [0, 0.1) is 11.8 Å². The Morgan fingerprint density at radius 2 is 2.00 bits per heavy atom. The fourth-order valence-corrected chi connectivity index (χ4v) is 3.81. The zero-order chi connectivity index (χ0) is 16.1. The molecule has 2 aliphatic rings. The number of aromatic nitrogens is 1. The van der Waals surface area contributed by atoms with Crippen molar-refractivity contribution < 1.29 is 9.59 Å². The van der Waals surface area contributed by atoms with Gasteiger partial charge >= 0.3 is 0 Å². The maximum Gasteiger partial charge on any atom is 0.245 e. The van der Waals surface area contributed by atoms with E-state index in [0.717, 1.165) is 13.0 Å². The number of hydrogen-bond donors (Lipinski definition) is 1. The van der Waals surface area contributed by atoms with E-state index in [4.69, 9.17) is 0 Å². The first-order valence-electron chi connectivity index (χ1n) is 8.68. The maximum absolute atomic E-state index is 12.5. The molecule has 126 valence electrons. The number of hydrogen-bond acceptors (Lipinski definition) is 4. The highest BCUT2D eigenvalue weighted by atomic mass is 32.1. The highest BCUT2D eigenvalue weighted by molar-refractivity contribution is 7.13. The van der Waals surface area contributed by atoms with Crippen molar-refractivity contribution in [3.05, 3.63) is 11.6 Å². The Morgan fingerprint density at radius 3 is 2.65 bits per heavy atom. The van der Waals surface area contributed by atoms with Gasteiger partial charge < -0.3 is 10.2 Å². The van der Waals surface area contributed by atoms with Crippen molar-refractivity contribution in [1.29, 1.82) is 0 Å². The van der Waals surface area contributed by atoms with E-state index in [2.05, 4.69) is 10.3 Å². The van der Waals surface area contributed by atoms with Crippen LogP contribution < -0.4 is 5.32 Å². The van der Waals surface area contributed by atoms with Gasteiger partial charge in [-0.2, -0.15) is 0 Å². The lowest BCUT2D eigenvalue weighted by Crippen LogP contribution is -2.39. The molecule has 23 heavy (non-hydrogen) atoms. The molecule has 0 aliphatic heterocycles. The van der Waals surface area contributed by atoms with E-state index < -0.39 is 0 Å². The topological polar surface area (TPSA) is 62.3 Å². The Morgan fingerprint density at radius 1 is 1.22 bits per heavy atom. The summed E-state index contributed by atoms with van der Waals surface area (Å²) in [5, 5.41) is 5.19. The molecule has 0 spiro atoms. The van der Waals surface area contributed by atoms with Gasteiger partial charge in [0.15, 0.2) is 5.13 Å². The summed E-state index contributed by atoms with van der Waals surface area (Å²) in [7, 11) is 0. The fourth-order valence-electron chi connectivity index (χ4n) is 3.27. The monoisotopic (exact) mass is 335 g/mol. The molecule has 1 N–H and O–H groups in total. The maximum atomic E-state index is 12.5. The summed E-state index contributed by atoms with van der Waals surface area (Å²) in [4.78, 5) is 30.5. The Labute approximate surface area is 141 Å². The molecule has 0 atom stereocenters. The lowest BCUT2D eigenvalue weighted by molar-refractivity contribution is -0.135. The molecule has 1 aromatic rings. The molecule has 2 aliphatic carbocycles. The molecule has 1 aromatic heterocycles. The second-order valence-electron chi connectivity index (χ2n) is 6.79. The van der Waals surface area contributed by atoms with Crippen molar-refractivity contribution >= 4 is 28.3 Å². The number of nitrogens with zero attached hydrogens (tertiary/aromatic N) is 2. The van der Waals surface area contributed by atoms with Gasteiger partial charge in [0.1, 0.15) is 0 Å². The Bertz CT molecular complexity index is 522. The Hall–Kier alpha value is -1.43. The van der Waals surface area contributed by atoms with E-state index in [1.807, 2.05) is 5.38 Å². The van der Waals surface area contributed by atoms with E-state index in [-0.39, 0.29) is 18.4 Å². The van der Waals surface area contributed by atoms with E-state index in [9.17, 15) is 9.59 Å². The van der Waals surface area contributed by atoms with Crippen molar-refractivity contribution in [3.8, 4) is 0 Å². The van der Waals surface area contributed by atoms with Gasteiger partial charge in [0, 0.05) is 24.5 Å². The number of carbonyl (C=O) groups is 2. The lowest BCUT2D eigenvalue weighted by Gasteiger charge is -2.22. The summed E-state index contributed by atoms with van der Waals surface area (Å²) in [6, 6.07) is 0. The molecule has 2 amide bonds. The second kappa shape index (κ2) is 7.90. The second-order valence-corrected chi connectivity index (χ2v) is 7.69. The third kappa shape index (κ3) is 5.30. The Balaban J connectivity index is 1.48. The quantitative estimate of drug-likeness (QED) is 0.793. The summed E-state index contributed by atoms with van der Waals surface area (Å²) in [6.07, 6.45) is 10.7. The fraction of sp³-hybridized carbons (Fsp3) is 0.706. The highest BCUT2D eigenvalue weighted by Crippen LogP contribution is 2.31. The first-order valence-corrected chi connectivity index (χ1v) is 9.56. The van der Waals surface area contributed by atoms with Crippen molar-refractivity contribution in [1.82, 2.24) is 9.88 Å². The van der Waals surface area contributed by atoms with Crippen molar-refractivity contribution in [2.24, 2.45) is 11.8 Å². The van der Waals surface area contributed by atoms with Gasteiger partial charge in [-0.3, -0.25) is 9.59 Å². The number of anilines is 1. The first kappa shape index (κ1) is 16.4. The number of carbonyl (C=O) groups excluding carboxylic acids is 2. The van der Waals surface area contributed by atoms with Gasteiger partial charge in [-0.25, -0.2) is 4.98 Å². The van der Waals surface area contributed by atoms with Gasteiger partial charge in [-0.15, -0.1) is 11.3 Å². The molecule has 0 radical (unpaired) electrons. The van der Waals surface area contributed by atoms with Crippen LogP contribution in [0.25, 0.3) is 0 Å². The van der Waals surface area contributed by atoms with Crippen LogP contribution in [0.4, 0.5) is 5.13 Å². The van der Waals surface area contributed by atoms with Crippen LogP contribution in [-0.2, 0) is 9.59 Å². The minimum Gasteiger partial charge on any atom is -0.333 e. The van der Waals surface area contributed by atoms with Gasteiger partial charge in [0.05, 0.1) is 6.54 Å². The van der Waals surface area contributed by atoms with Crippen LogP contribution >= 0.6 is 11.3 Å². The summed E-state index contributed by atoms with van der Waals surface area (Å²) in [5.41, 5.74) is 0. The molecule has 6 heteroatoms. The van der Waals surface area contributed by atoms with Crippen molar-refractivity contribution in [2.45, 2.75) is 51.4 Å². The molecule has 0 aromatic carbocycles. The van der Waals surface area contributed by atoms with E-state index in [0.29, 0.717) is 23.4 Å². The van der Waals surface area contributed by atoms with E-state index in [1.165, 1.54) is 49.9 Å². The van der Waals surface area contributed by atoms with Crippen LogP contribution in [-0.4, -0.2) is 34.8 Å². The van der Waals surface area contributed by atoms with E-state index in [1.54, 1.807) is 11.1 Å². The number of nitrogens with one attached hydrogen (secondary N) is 1. The molecule has 0 unspecified atom stereocenters. The van der Waals surface area contributed by atoms with Gasteiger partial charge in [-0.05, 0) is 31.1 Å². The summed E-state index contributed by atoms with van der Waals surface area (Å²) in [6.45, 7) is 0.883. The summed E-state index contributed by atoms with van der Waals surface area (Å²) >= 11 is 1.39. The third-order valence-electron chi connectivity index (χ3n) is 4.78. The summed E-state index contributed by atoms with van der Waals surface area (Å²) < 4.78 is 0. The molecular weight excluding hydrogens is 310 g/mol. The number of amides is 2. The number of rotatable bonds is 8. The SMILES string of the molecule is O=C(CN(CC1CC1)C(=O)CCC1CCCC1)Nc1nccs1. The van der Waals surface area contributed by atoms with Crippen molar-refractivity contribution in [2.75, 3.05) is 18.4 Å². The molecule has 1 heterocycles. The molecule has 3 rings (SSSR count). The summed E-state index contributed by atoms with van der Waals surface area (Å²) in [5.74, 6) is 1.30. The smallest absolute Gasteiger partial charge is 0.245 e. The van der Waals surface area contributed by atoms with Crippen LogP contribution in [0.15, 0.2) is 11.6 Å². The standard InChI is InChI=1S/C17H25N3O2S/c21-15(19-17-18-9-10-23-17)12-20(11-14-5-6-14)16(22)8-7-13-3-1-2-4-13/h9-10,13-14H,1-8,11-12H2,(H,18,19,21). The average molecular weight is 335 g/mol. The normalized spacial score (nSPS) is 18.1. The third-order valence-corrected chi connectivity index (χ3v) is 5.47. The van der Waals surface area contributed by atoms with Gasteiger partial charge in [-0.1, -0.05) is 25.7 Å². The molecule has 0 bridgehead atoms. The first-order chi connectivity index (χ1) is 11.2. The minimum atomic E-state index is -0.144.